The lowest BCUT2D eigenvalue weighted by Gasteiger charge is -2.22. The number of carbonyl (C=O) groups excluding carboxylic acids is 4. The van der Waals surface area contributed by atoms with Crippen molar-refractivity contribution in [1.29, 1.82) is 0 Å². The Bertz CT molecular complexity index is 1820. The van der Waals surface area contributed by atoms with Gasteiger partial charge in [0.1, 0.15) is 17.1 Å². The van der Waals surface area contributed by atoms with E-state index in [1.165, 1.54) is 55.5 Å². The molecule has 1 aromatic carbocycles. The number of pyridine rings is 1. The molecule has 2 aromatic heterocycles. The molecule has 0 saturated heterocycles. The van der Waals surface area contributed by atoms with Gasteiger partial charge in [-0.2, -0.15) is 13.2 Å². The quantitative estimate of drug-likeness (QED) is 0.200. The van der Waals surface area contributed by atoms with E-state index in [0.717, 1.165) is 26.2 Å². The van der Waals surface area contributed by atoms with Crippen LogP contribution in [-0.4, -0.2) is 89.0 Å². The summed E-state index contributed by atoms with van der Waals surface area (Å²) in [5.41, 5.74) is -1.94. The van der Waals surface area contributed by atoms with Crippen LogP contribution in [0.25, 0.3) is 10.9 Å². The van der Waals surface area contributed by atoms with Gasteiger partial charge in [-0.3, -0.25) is 14.4 Å². The summed E-state index contributed by atoms with van der Waals surface area (Å²) in [5.74, 6) is -1.92. The maximum Gasteiger partial charge on any atom is 0.419 e. The van der Waals surface area contributed by atoms with Crippen LogP contribution in [0, 0.1) is 5.82 Å². The molecule has 0 aliphatic heterocycles. The topological polar surface area (TPSA) is 132 Å². The lowest BCUT2D eigenvalue weighted by molar-refractivity contribution is -0.134. The number of alkyl halides is 3. The molecule has 0 fully saturated rings. The average molecular weight is 708 g/mol. The Morgan fingerprint density at radius 3 is 2.30 bits per heavy atom. The molecule has 272 valence electrons. The van der Waals surface area contributed by atoms with Crippen molar-refractivity contribution >= 4 is 40.6 Å². The molecule has 3 aromatic rings. The fourth-order valence-corrected chi connectivity index (χ4v) is 4.74. The second-order valence-electron chi connectivity index (χ2n) is 12.9. The number of benzene rings is 1. The van der Waals surface area contributed by atoms with Crippen molar-refractivity contribution in [2.24, 2.45) is 0 Å². The molecule has 16 heteroatoms. The Morgan fingerprint density at radius 1 is 1.02 bits per heavy atom. The molecule has 1 N–H and O–H groups in total. The Hall–Kier alpha value is -5.15. The summed E-state index contributed by atoms with van der Waals surface area (Å²) >= 11 is 0. The van der Waals surface area contributed by atoms with E-state index in [9.17, 15) is 41.5 Å². The molecule has 2 heterocycles. The maximum atomic E-state index is 14.6. The van der Waals surface area contributed by atoms with Gasteiger partial charge in [0.25, 0.3) is 11.5 Å². The van der Waals surface area contributed by atoms with E-state index < -0.39 is 60.2 Å². The van der Waals surface area contributed by atoms with E-state index in [2.05, 4.69) is 5.32 Å². The number of anilines is 1. The zero-order chi connectivity index (χ0) is 37.6. The maximum absolute atomic E-state index is 14.6. The van der Waals surface area contributed by atoms with E-state index in [1.807, 2.05) is 0 Å². The lowest BCUT2D eigenvalue weighted by atomic mass is 10.1. The van der Waals surface area contributed by atoms with Crippen molar-refractivity contribution in [3.8, 4) is 0 Å². The number of nitrogens with one attached hydrogen (secondary N) is 1. The van der Waals surface area contributed by atoms with Crippen molar-refractivity contribution in [3.05, 3.63) is 76.1 Å². The third-order valence-corrected chi connectivity index (χ3v) is 7.08. The van der Waals surface area contributed by atoms with Gasteiger partial charge in [0.2, 0.25) is 5.91 Å². The summed E-state index contributed by atoms with van der Waals surface area (Å²) in [4.78, 5) is 67.0. The minimum Gasteiger partial charge on any atom is -0.443 e. The highest BCUT2D eigenvalue weighted by molar-refractivity contribution is 5.95. The van der Waals surface area contributed by atoms with Crippen molar-refractivity contribution < 1.29 is 46.2 Å². The van der Waals surface area contributed by atoms with Crippen molar-refractivity contribution in [2.75, 3.05) is 33.5 Å². The number of fused-ring (bicyclic) bond motifs is 1. The highest BCUT2D eigenvalue weighted by Crippen LogP contribution is 2.30. The molecule has 0 aliphatic carbocycles. The van der Waals surface area contributed by atoms with Gasteiger partial charge in [-0.1, -0.05) is 6.08 Å². The normalized spacial score (nSPS) is 12.5. The first-order valence-electron chi connectivity index (χ1n) is 15.6. The van der Waals surface area contributed by atoms with Gasteiger partial charge >= 0.3 is 18.4 Å². The van der Waals surface area contributed by atoms with Crippen LogP contribution in [0.1, 0.15) is 51.3 Å². The fourth-order valence-electron chi connectivity index (χ4n) is 4.74. The number of hydrogen-bond donors (Lipinski definition) is 1. The highest BCUT2D eigenvalue weighted by atomic mass is 19.4. The number of aromatic nitrogens is 2. The minimum atomic E-state index is -4.55. The molecule has 0 radical (unpaired) electrons. The molecule has 0 bridgehead atoms. The van der Waals surface area contributed by atoms with Crippen LogP contribution in [0.3, 0.4) is 0 Å². The van der Waals surface area contributed by atoms with E-state index in [-0.39, 0.29) is 53.1 Å². The number of carbonyl (C=O) groups is 4. The number of rotatable bonds is 11. The molecule has 0 aliphatic rings. The van der Waals surface area contributed by atoms with Crippen molar-refractivity contribution in [1.82, 2.24) is 18.9 Å². The first kappa shape index (κ1) is 39.3. The van der Waals surface area contributed by atoms with Gasteiger partial charge in [-0.05, 0) is 82.0 Å². The summed E-state index contributed by atoms with van der Waals surface area (Å²) in [5, 5.41) is 2.59. The first-order chi connectivity index (χ1) is 23.2. The smallest absolute Gasteiger partial charge is 0.419 e. The van der Waals surface area contributed by atoms with E-state index >= 15 is 0 Å². The van der Waals surface area contributed by atoms with E-state index in [0.29, 0.717) is 0 Å². The Morgan fingerprint density at radius 2 is 1.70 bits per heavy atom. The van der Waals surface area contributed by atoms with Gasteiger partial charge in [0, 0.05) is 46.2 Å². The molecule has 1 atom stereocenters. The van der Waals surface area contributed by atoms with Gasteiger partial charge in [-0.25, -0.2) is 18.5 Å². The molecule has 12 nitrogen and oxygen atoms in total. The SMILES string of the molecule is CN(C)C(=O)/C=C/CC[C@H](OC(=O)N(C)C)C(=O)Nc1cccn(Cc2cc3cc(F)cc(CCC(F)(F)F)c3n2C(=O)OC(C)(C)C)c1=O. The first-order valence-corrected chi connectivity index (χ1v) is 15.6. The summed E-state index contributed by atoms with van der Waals surface area (Å²) < 4.78 is 67.1. The molecule has 3 rings (SSSR count). The monoisotopic (exact) mass is 707 g/mol. The second kappa shape index (κ2) is 16.0. The van der Waals surface area contributed by atoms with Crippen LogP contribution in [0.4, 0.5) is 32.8 Å². The third kappa shape index (κ3) is 10.9. The molecular formula is C34H41F4N5O7. The molecule has 0 unspecified atom stereocenters. The largest absolute Gasteiger partial charge is 0.443 e. The molecule has 50 heavy (non-hydrogen) atoms. The molecule has 0 spiro atoms. The summed E-state index contributed by atoms with van der Waals surface area (Å²) in [6.45, 7) is 4.46. The number of ether oxygens (including phenoxy) is 2. The highest BCUT2D eigenvalue weighted by Gasteiger charge is 2.30. The average Bonchev–Trinajstić information content (AvgIpc) is 3.35. The number of aryl methyl sites for hydroxylation is 1. The molecular weight excluding hydrogens is 666 g/mol. The molecule has 3 amide bonds. The van der Waals surface area contributed by atoms with E-state index in [1.54, 1.807) is 34.9 Å². The number of likely N-dealkylation sites (N-methyl/N-ethyl adjacent to an activating group) is 1. The summed E-state index contributed by atoms with van der Waals surface area (Å²) in [6.07, 6.45) is -5.21. The predicted molar refractivity (Wildman–Crippen MR) is 177 cm³/mol. The number of hydrogen-bond acceptors (Lipinski definition) is 7. The van der Waals surface area contributed by atoms with Crippen LogP contribution >= 0.6 is 0 Å². The predicted octanol–water partition coefficient (Wildman–Crippen LogP) is 5.70. The number of nitrogens with zero attached hydrogens (tertiary/aromatic N) is 4. The van der Waals surface area contributed by atoms with Crippen LogP contribution in [0.5, 0.6) is 0 Å². The van der Waals surface area contributed by atoms with Gasteiger partial charge in [-0.15, -0.1) is 0 Å². The zero-order valence-corrected chi connectivity index (χ0v) is 28.9. The van der Waals surface area contributed by atoms with Crippen LogP contribution in [0.15, 0.2) is 53.5 Å². The van der Waals surface area contributed by atoms with Crippen molar-refractivity contribution in [2.45, 2.75) is 70.9 Å². The third-order valence-electron chi connectivity index (χ3n) is 7.08. The molecule has 0 saturated carbocycles. The van der Waals surface area contributed by atoms with Gasteiger partial charge in [0.05, 0.1) is 17.8 Å². The number of allylic oxidation sites excluding steroid dienone is 1. The van der Waals surface area contributed by atoms with Gasteiger partial charge in [0.15, 0.2) is 6.10 Å². The van der Waals surface area contributed by atoms with Crippen molar-refractivity contribution in [3.63, 3.8) is 0 Å². The second-order valence-corrected chi connectivity index (χ2v) is 12.9. The van der Waals surface area contributed by atoms with Crippen LogP contribution in [-0.2, 0) is 32.0 Å². The minimum absolute atomic E-state index is 0.00397. The summed E-state index contributed by atoms with van der Waals surface area (Å²) in [7, 11) is 5.99. The lowest BCUT2D eigenvalue weighted by Crippen LogP contribution is -2.37. The van der Waals surface area contributed by atoms with Crippen LogP contribution < -0.4 is 10.9 Å². The Balaban J connectivity index is 2.00. The summed E-state index contributed by atoms with van der Waals surface area (Å²) in [6, 6.07) is 6.11. The standard InChI is InChI=1S/C34H41F4N5O7/c1-33(2,3)50-32(48)43-24(19-22-18-23(35)17-21(28(22)43)14-15-34(36,37)38)20-42-16-10-11-25(30(42)46)39-29(45)26(49-31(47)41(6)7)12-8-9-13-27(44)40(4)5/h9-11,13,16-19,26H,8,12,14-15,20H2,1-7H3,(H,39,45)/b13-9+/t26-/m0/s1. The Kier molecular flexibility index (Phi) is 12.6. The van der Waals surface area contributed by atoms with Gasteiger partial charge < -0.3 is 29.2 Å². The van der Waals surface area contributed by atoms with Crippen LogP contribution in [0.2, 0.25) is 0 Å². The number of amides is 3. The fraction of sp³-hybridized carbons (Fsp3) is 0.441. The number of halogens is 4. The Labute approximate surface area is 286 Å². The van der Waals surface area contributed by atoms with E-state index in [4.69, 9.17) is 9.47 Å². The zero-order valence-electron chi connectivity index (χ0n) is 28.9.